The lowest BCUT2D eigenvalue weighted by Gasteiger charge is -2.25. The molecule has 1 atom stereocenters. The molecule has 1 aromatic heterocycles. The van der Waals surface area contributed by atoms with Gasteiger partial charge in [-0.05, 0) is 31.2 Å². The average Bonchev–Trinajstić information content (AvgIpc) is 2.88. The van der Waals surface area contributed by atoms with Gasteiger partial charge in [0.1, 0.15) is 5.01 Å². The number of rotatable bonds is 6. The van der Waals surface area contributed by atoms with Crippen LogP contribution in [0, 0.1) is 0 Å². The van der Waals surface area contributed by atoms with Crippen LogP contribution in [0.15, 0.2) is 34.1 Å². The molecule has 1 unspecified atom stereocenters. The lowest BCUT2D eigenvalue weighted by molar-refractivity contribution is 0.229. The van der Waals surface area contributed by atoms with Crippen molar-refractivity contribution in [1.82, 2.24) is 9.88 Å². The lowest BCUT2D eigenvalue weighted by atomic mass is 10.1. The quantitative estimate of drug-likeness (QED) is 0.645. The van der Waals surface area contributed by atoms with Gasteiger partial charge in [-0.3, -0.25) is 4.90 Å². The van der Waals surface area contributed by atoms with E-state index in [-0.39, 0.29) is 0 Å². The Labute approximate surface area is 137 Å². The fraction of sp³-hybridized carbons (Fsp3) is 0.400. The SMILES string of the molecule is CCC(c1nc(CCl)cs1)N(C)Cc1cccc(Br)c1. The Morgan fingerprint density at radius 3 is 2.85 bits per heavy atom. The second-order valence-corrected chi connectivity index (χ2v) is 6.85. The maximum atomic E-state index is 5.84. The topological polar surface area (TPSA) is 16.1 Å². The summed E-state index contributed by atoms with van der Waals surface area (Å²) in [4.78, 5) is 6.96. The first-order valence-corrected chi connectivity index (χ1v) is 8.79. The summed E-state index contributed by atoms with van der Waals surface area (Å²) in [5, 5.41) is 3.21. The van der Waals surface area contributed by atoms with Crippen LogP contribution >= 0.6 is 38.9 Å². The molecule has 2 aromatic rings. The maximum Gasteiger partial charge on any atom is 0.110 e. The van der Waals surface area contributed by atoms with Gasteiger partial charge in [-0.15, -0.1) is 22.9 Å². The van der Waals surface area contributed by atoms with E-state index in [1.807, 2.05) is 6.07 Å². The zero-order valence-electron chi connectivity index (χ0n) is 11.6. The summed E-state index contributed by atoms with van der Waals surface area (Å²) in [6.45, 7) is 3.11. The van der Waals surface area contributed by atoms with Crippen molar-refractivity contribution in [3.63, 3.8) is 0 Å². The van der Waals surface area contributed by atoms with Crippen LogP contribution in [0.4, 0.5) is 0 Å². The molecule has 0 saturated carbocycles. The van der Waals surface area contributed by atoms with Gasteiger partial charge in [-0.2, -0.15) is 0 Å². The zero-order chi connectivity index (χ0) is 14.5. The minimum absolute atomic E-state index is 0.343. The number of alkyl halides is 1. The molecule has 1 heterocycles. The largest absolute Gasteiger partial charge is 0.293 e. The number of benzene rings is 1. The summed E-state index contributed by atoms with van der Waals surface area (Å²) in [5.74, 6) is 0.488. The first-order valence-electron chi connectivity index (χ1n) is 6.59. The van der Waals surface area contributed by atoms with Crippen LogP contribution in [0.1, 0.15) is 35.7 Å². The Kier molecular flexibility index (Phi) is 6.02. The summed E-state index contributed by atoms with van der Waals surface area (Å²) >= 11 is 11.1. The molecule has 0 N–H and O–H groups in total. The van der Waals surface area contributed by atoms with Crippen molar-refractivity contribution in [3.8, 4) is 0 Å². The first kappa shape index (κ1) is 16.0. The van der Waals surface area contributed by atoms with Crippen LogP contribution in [0.2, 0.25) is 0 Å². The highest BCUT2D eigenvalue weighted by molar-refractivity contribution is 9.10. The lowest BCUT2D eigenvalue weighted by Crippen LogP contribution is -2.23. The highest BCUT2D eigenvalue weighted by atomic mass is 79.9. The Morgan fingerprint density at radius 2 is 2.25 bits per heavy atom. The van der Waals surface area contributed by atoms with E-state index in [9.17, 15) is 0 Å². The standard InChI is InChI=1S/C15H18BrClN2S/c1-3-14(15-18-13(8-17)10-20-15)19(2)9-11-5-4-6-12(16)7-11/h4-7,10,14H,3,8-9H2,1-2H3. The highest BCUT2D eigenvalue weighted by Crippen LogP contribution is 2.28. The average molecular weight is 374 g/mol. The fourth-order valence-corrected chi connectivity index (χ4v) is 3.99. The Hall–Kier alpha value is -0.420. The number of hydrogen-bond acceptors (Lipinski definition) is 3. The van der Waals surface area contributed by atoms with Gasteiger partial charge in [0.2, 0.25) is 0 Å². The molecule has 0 bridgehead atoms. The summed E-state index contributed by atoms with van der Waals surface area (Å²) in [6.07, 6.45) is 1.04. The van der Waals surface area contributed by atoms with Gasteiger partial charge in [-0.1, -0.05) is 35.0 Å². The predicted molar refractivity (Wildman–Crippen MR) is 90.3 cm³/mol. The highest BCUT2D eigenvalue weighted by Gasteiger charge is 2.18. The van der Waals surface area contributed by atoms with Crippen molar-refractivity contribution in [2.24, 2.45) is 0 Å². The van der Waals surface area contributed by atoms with Gasteiger partial charge in [0, 0.05) is 16.4 Å². The fourth-order valence-electron chi connectivity index (χ4n) is 2.25. The molecule has 0 radical (unpaired) electrons. The van der Waals surface area contributed by atoms with E-state index >= 15 is 0 Å². The molecular formula is C15H18BrClN2S. The van der Waals surface area contributed by atoms with Crippen LogP contribution in [0.25, 0.3) is 0 Å². The van der Waals surface area contributed by atoms with Gasteiger partial charge in [0.25, 0.3) is 0 Å². The van der Waals surface area contributed by atoms with Crippen molar-refractivity contribution in [1.29, 1.82) is 0 Å². The van der Waals surface area contributed by atoms with Crippen LogP contribution in [-0.2, 0) is 12.4 Å². The first-order chi connectivity index (χ1) is 9.63. The van der Waals surface area contributed by atoms with Gasteiger partial charge in [0.15, 0.2) is 0 Å². The molecule has 2 nitrogen and oxygen atoms in total. The van der Waals surface area contributed by atoms with E-state index in [2.05, 4.69) is 63.4 Å². The number of hydrogen-bond donors (Lipinski definition) is 0. The molecule has 0 aliphatic rings. The minimum atomic E-state index is 0.343. The maximum absolute atomic E-state index is 5.84. The van der Waals surface area contributed by atoms with Crippen LogP contribution in [0.5, 0.6) is 0 Å². The molecular weight excluding hydrogens is 356 g/mol. The molecule has 0 saturated heterocycles. The van der Waals surface area contributed by atoms with E-state index in [1.165, 1.54) is 5.56 Å². The van der Waals surface area contributed by atoms with Crippen molar-refractivity contribution in [2.75, 3.05) is 7.05 Å². The number of aromatic nitrogens is 1. The number of halogens is 2. The predicted octanol–water partition coefficient (Wildman–Crippen LogP) is 5.23. The molecule has 20 heavy (non-hydrogen) atoms. The Bertz CT molecular complexity index is 558. The third-order valence-electron chi connectivity index (χ3n) is 3.23. The third-order valence-corrected chi connectivity index (χ3v) is 4.99. The van der Waals surface area contributed by atoms with Gasteiger partial charge < -0.3 is 0 Å². The van der Waals surface area contributed by atoms with E-state index in [0.717, 1.165) is 28.1 Å². The normalized spacial score (nSPS) is 12.8. The third kappa shape index (κ3) is 4.04. The van der Waals surface area contributed by atoms with Crippen molar-refractivity contribution in [3.05, 3.63) is 50.4 Å². The second-order valence-electron chi connectivity index (χ2n) is 4.78. The van der Waals surface area contributed by atoms with E-state index in [4.69, 9.17) is 11.6 Å². The smallest absolute Gasteiger partial charge is 0.110 e. The molecule has 1 aromatic carbocycles. The summed E-state index contributed by atoms with van der Waals surface area (Å²) in [6, 6.07) is 8.78. The van der Waals surface area contributed by atoms with Gasteiger partial charge >= 0.3 is 0 Å². The van der Waals surface area contributed by atoms with Crippen molar-refractivity contribution >= 4 is 38.9 Å². The number of thiazole rings is 1. The Balaban J connectivity index is 2.10. The van der Waals surface area contributed by atoms with Gasteiger partial charge in [-0.25, -0.2) is 4.98 Å². The zero-order valence-corrected chi connectivity index (χ0v) is 14.8. The molecule has 0 aliphatic carbocycles. The number of nitrogens with zero attached hydrogens (tertiary/aromatic N) is 2. The summed E-state index contributed by atoms with van der Waals surface area (Å²) < 4.78 is 1.12. The van der Waals surface area contributed by atoms with E-state index in [0.29, 0.717) is 11.9 Å². The molecule has 5 heteroatoms. The summed E-state index contributed by atoms with van der Waals surface area (Å²) in [7, 11) is 2.15. The monoisotopic (exact) mass is 372 g/mol. The van der Waals surface area contributed by atoms with E-state index < -0.39 is 0 Å². The van der Waals surface area contributed by atoms with Crippen LogP contribution < -0.4 is 0 Å². The summed E-state index contributed by atoms with van der Waals surface area (Å²) in [5.41, 5.74) is 2.27. The van der Waals surface area contributed by atoms with Crippen molar-refractivity contribution in [2.45, 2.75) is 31.8 Å². The second kappa shape index (κ2) is 7.55. The van der Waals surface area contributed by atoms with Crippen LogP contribution in [0.3, 0.4) is 0 Å². The minimum Gasteiger partial charge on any atom is -0.293 e. The molecule has 2 rings (SSSR count). The van der Waals surface area contributed by atoms with Crippen molar-refractivity contribution < 1.29 is 0 Å². The van der Waals surface area contributed by atoms with Crippen LogP contribution in [-0.4, -0.2) is 16.9 Å². The molecule has 0 amide bonds. The Morgan fingerprint density at radius 1 is 1.45 bits per heavy atom. The molecule has 0 spiro atoms. The van der Waals surface area contributed by atoms with Gasteiger partial charge in [0.05, 0.1) is 17.6 Å². The molecule has 0 aliphatic heterocycles. The van der Waals surface area contributed by atoms with E-state index in [1.54, 1.807) is 11.3 Å². The molecule has 0 fully saturated rings. The molecule has 108 valence electrons.